The number of hydrogen-bond donors (Lipinski definition) is 3. The average molecular weight is 339 g/mol. The monoisotopic (exact) mass is 339 g/mol. The molecular weight excluding hydrogens is 324 g/mol. The molecule has 0 aliphatic rings. The van der Waals surface area contributed by atoms with E-state index in [4.69, 9.17) is 4.74 Å². The van der Waals surface area contributed by atoms with Crippen molar-refractivity contribution >= 4 is 11.8 Å². The van der Waals surface area contributed by atoms with Gasteiger partial charge in [0.15, 0.2) is 11.5 Å². The van der Waals surface area contributed by atoms with Gasteiger partial charge in [-0.2, -0.15) is 8.78 Å². The summed E-state index contributed by atoms with van der Waals surface area (Å²) in [5.74, 6) is -1.35. The summed E-state index contributed by atoms with van der Waals surface area (Å²) in [5, 5.41) is 0. The van der Waals surface area contributed by atoms with Gasteiger partial charge >= 0.3 is 6.61 Å². The number of amides is 2. The maximum Gasteiger partial charge on any atom is 0.387 e. The highest BCUT2D eigenvalue weighted by molar-refractivity contribution is 5.98. The summed E-state index contributed by atoms with van der Waals surface area (Å²) in [6, 6.07) is 6.88. The number of benzene rings is 1. The lowest BCUT2D eigenvalue weighted by molar-refractivity contribution is -0.0514. The van der Waals surface area contributed by atoms with Crippen molar-refractivity contribution in [2.24, 2.45) is 0 Å². The zero-order valence-electron chi connectivity index (χ0n) is 12.6. The van der Waals surface area contributed by atoms with Crippen LogP contribution in [0.5, 0.6) is 11.5 Å². The van der Waals surface area contributed by atoms with Crippen LogP contribution in [0.25, 0.3) is 0 Å². The van der Waals surface area contributed by atoms with E-state index in [1.54, 1.807) is 19.2 Å². The van der Waals surface area contributed by atoms with Crippen LogP contribution in [0.3, 0.4) is 0 Å². The smallest absolute Gasteiger partial charge is 0.387 e. The second kappa shape index (κ2) is 7.95. The lowest BCUT2D eigenvalue weighted by Crippen LogP contribution is -2.41. The highest BCUT2D eigenvalue weighted by Crippen LogP contribution is 2.29. The summed E-state index contributed by atoms with van der Waals surface area (Å²) in [5.41, 5.74) is 4.81. The number of nitrogens with one attached hydrogen (secondary N) is 3. The van der Waals surface area contributed by atoms with E-state index in [0.717, 1.165) is 0 Å². The Hall–Kier alpha value is -3.10. The van der Waals surface area contributed by atoms with Crippen molar-refractivity contribution in [3.8, 4) is 11.5 Å². The molecule has 1 aromatic heterocycles. The fraction of sp³-hybridized carbons (Fsp3) is 0.200. The van der Waals surface area contributed by atoms with Gasteiger partial charge in [0, 0.05) is 11.8 Å². The Balaban J connectivity index is 2.05. The number of aromatic amines is 1. The number of hydrazine groups is 1. The number of aromatic nitrogens is 1. The third-order valence-electron chi connectivity index (χ3n) is 2.85. The number of carbonyl (C=O) groups is 2. The highest BCUT2D eigenvalue weighted by atomic mass is 19.3. The van der Waals surface area contributed by atoms with Crippen LogP contribution in [-0.4, -0.2) is 30.0 Å². The molecule has 2 amide bonds. The quantitative estimate of drug-likeness (QED) is 0.703. The molecule has 128 valence electrons. The van der Waals surface area contributed by atoms with E-state index in [9.17, 15) is 18.4 Å². The van der Waals surface area contributed by atoms with Gasteiger partial charge in [-0.25, -0.2) is 0 Å². The molecule has 0 saturated carbocycles. The second-order valence-electron chi connectivity index (χ2n) is 4.47. The molecule has 0 atom stereocenters. The SMILES string of the molecule is CCOc1cc(C(=O)NNC(=O)c2ccc[nH]2)ccc1OC(F)F. The second-order valence-corrected chi connectivity index (χ2v) is 4.47. The topological polar surface area (TPSA) is 92.5 Å². The van der Waals surface area contributed by atoms with Crippen LogP contribution in [-0.2, 0) is 0 Å². The van der Waals surface area contributed by atoms with E-state index in [-0.39, 0.29) is 29.4 Å². The normalized spacial score (nSPS) is 10.3. The summed E-state index contributed by atoms with van der Waals surface area (Å²) in [4.78, 5) is 26.4. The van der Waals surface area contributed by atoms with Gasteiger partial charge in [-0.05, 0) is 37.3 Å². The Morgan fingerprint density at radius 2 is 1.92 bits per heavy atom. The zero-order chi connectivity index (χ0) is 17.5. The van der Waals surface area contributed by atoms with Gasteiger partial charge in [0.05, 0.1) is 6.61 Å². The van der Waals surface area contributed by atoms with Gasteiger partial charge < -0.3 is 14.5 Å². The van der Waals surface area contributed by atoms with E-state index in [1.165, 1.54) is 24.3 Å². The third-order valence-corrected chi connectivity index (χ3v) is 2.85. The van der Waals surface area contributed by atoms with Crippen LogP contribution in [0, 0.1) is 0 Å². The first kappa shape index (κ1) is 17.3. The number of carbonyl (C=O) groups excluding carboxylic acids is 2. The van der Waals surface area contributed by atoms with Crippen LogP contribution >= 0.6 is 0 Å². The first-order valence-electron chi connectivity index (χ1n) is 6.97. The van der Waals surface area contributed by atoms with Gasteiger partial charge in [0.2, 0.25) is 0 Å². The van der Waals surface area contributed by atoms with Crippen molar-refractivity contribution in [3.05, 3.63) is 47.8 Å². The van der Waals surface area contributed by atoms with Gasteiger partial charge in [-0.3, -0.25) is 20.4 Å². The minimum Gasteiger partial charge on any atom is -0.490 e. The van der Waals surface area contributed by atoms with Crippen molar-refractivity contribution in [2.45, 2.75) is 13.5 Å². The van der Waals surface area contributed by atoms with Crippen molar-refractivity contribution in [1.82, 2.24) is 15.8 Å². The molecule has 2 rings (SSSR count). The van der Waals surface area contributed by atoms with Gasteiger partial charge in [-0.1, -0.05) is 0 Å². The first-order chi connectivity index (χ1) is 11.5. The molecule has 2 aromatic rings. The van der Waals surface area contributed by atoms with E-state index in [0.29, 0.717) is 0 Å². The maximum absolute atomic E-state index is 12.3. The van der Waals surface area contributed by atoms with Crippen molar-refractivity contribution in [1.29, 1.82) is 0 Å². The van der Waals surface area contributed by atoms with Crippen LogP contribution < -0.4 is 20.3 Å². The van der Waals surface area contributed by atoms with E-state index in [2.05, 4.69) is 20.6 Å². The van der Waals surface area contributed by atoms with Crippen molar-refractivity contribution in [3.63, 3.8) is 0 Å². The number of alkyl halides is 2. The van der Waals surface area contributed by atoms with Gasteiger partial charge in [0.1, 0.15) is 5.69 Å². The zero-order valence-corrected chi connectivity index (χ0v) is 12.6. The molecular formula is C15H15F2N3O4. The van der Waals surface area contributed by atoms with E-state index in [1.807, 2.05) is 0 Å². The number of halogens is 2. The molecule has 0 fully saturated rings. The summed E-state index contributed by atoms with van der Waals surface area (Å²) < 4.78 is 34.2. The molecule has 0 radical (unpaired) electrons. The predicted molar refractivity (Wildman–Crippen MR) is 80.0 cm³/mol. The number of ether oxygens (including phenoxy) is 2. The van der Waals surface area contributed by atoms with Crippen LogP contribution in [0.4, 0.5) is 8.78 Å². The maximum atomic E-state index is 12.3. The lowest BCUT2D eigenvalue weighted by atomic mass is 10.2. The molecule has 3 N–H and O–H groups in total. The van der Waals surface area contributed by atoms with Crippen LogP contribution in [0.1, 0.15) is 27.8 Å². The van der Waals surface area contributed by atoms with Crippen molar-refractivity contribution < 1.29 is 27.8 Å². The Morgan fingerprint density at radius 1 is 1.17 bits per heavy atom. The third kappa shape index (κ3) is 4.45. The molecule has 0 spiro atoms. The summed E-state index contributed by atoms with van der Waals surface area (Å²) in [6.45, 7) is -1.15. The Morgan fingerprint density at radius 3 is 2.54 bits per heavy atom. The molecule has 7 nitrogen and oxygen atoms in total. The number of H-pyrrole nitrogens is 1. The molecule has 1 heterocycles. The fourth-order valence-corrected chi connectivity index (χ4v) is 1.84. The average Bonchev–Trinajstić information content (AvgIpc) is 3.08. The number of hydrogen-bond acceptors (Lipinski definition) is 4. The number of rotatable bonds is 6. The summed E-state index contributed by atoms with van der Waals surface area (Å²) >= 11 is 0. The van der Waals surface area contributed by atoms with Crippen LogP contribution in [0.15, 0.2) is 36.5 Å². The molecule has 0 aliphatic heterocycles. The molecule has 0 bridgehead atoms. The van der Waals surface area contributed by atoms with E-state index < -0.39 is 18.4 Å². The lowest BCUT2D eigenvalue weighted by Gasteiger charge is -2.13. The van der Waals surface area contributed by atoms with Crippen molar-refractivity contribution in [2.75, 3.05) is 6.61 Å². The molecule has 0 unspecified atom stereocenters. The predicted octanol–water partition coefficient (Wildman–Crippen LogP) is 2.09. The minimum atomic E-state index is -3.01. The Labute approximate surface area is 135 Å². The molecule has 0 aliphatic carbocycles. The minimum absolute atomic E-state index is 0.00106. The van der Waals surface area contributed by atoms with E-state index >= 15 is 0 Å². The molecule has 24 heavy (non-hydrogen) atoms. The fourth-order valence-electron chi connectivity index (χ4n) is 1.84. The van der Waals surface area contributed by atoms with Crippen LogP contribution in [0.2, 0.25) is 0 Å². The van der Waals surface area contributed by atoms with Gasteiger partial charge in [0.25, 0.3) is 11.8 Å². The molecule has 0 saturated heterocycles. The summed E-state index contributed by atoms with van der Waals surface area (Å²) in [6.07, 6.45) is 1.56. The highest BCUT2D eigenvalue weighted by Gasteiger charge is 2.15. The first-order valence-corrected chi connectivity index (χ1v) is 6.97. The standard InChI is InChI=1S/C15H15F2N3O4/c1-2-23-12-8-9(5-6-11(12)24-15(16)17)13(21)19-20-14(22)10-4-3-7-18-10/h3-8,15,18H,2H2,1H3,(H,19,21)(H,20,22). The van der Waals surface area contributed by atoms with Gasteiger partial charge in [-0.15, -0.1) is 0 Å². The largest absolute Gasteiger partial charge is 0.490 e. The molecule has 1 aromatic carbocycles. The Kier molecular flexibility index (Phi) is 5.72. The molecule has 9 heteroatoms. The Bertz CT molecular complexity index is 705. The summed E-state index contributed by atoms with van der Waals surface area (Å²) in [7, 11) is 0.